The summed E-state index contributed by atoms with van der Waals surface area (Å²) < 4.78 is 47.0. The van der Waals surface area contributed by atoms with Crippen molar-refractivity contribution in [3.8, 4) is 23.4 Å². The van der Waals surface area contributed by atoms with E-state index in [1.165, 1.54) is 4.57 Å². The number of hydrogen-bond donors (Lipinski definition) is 0. The van der Waals surface area contributed by atoms with Crippen LogP contribution in [0.15, 0.2) is 120 Å². The predicted octanol–water partition coefficient (Wildman–Crippen LogP) is 8.84. The number of hydrogen-bond acceptors (Lipinski definition) is 13. The standard InChI is InChI=1S/C48H53N4O9PS/c1-32(2)52(33(3)4)62(58-28-14-27-49)61-42-41-44(51-29-34(5)43(50-46(51)54)59-45(53)35-15-10-8-11-16-35)60-47(42,30-57-41)31-63-48(36-17-12-9-13-18-36,37-19-23-39(55-6)24-20-37)38-21-25-40(56-7)26-22-38/h8-13,15-26,29,32-33,41-42,44H,14,28,30-31H2,1-7H3/t41?,42-,44-,47-,62?/m1/s1. The Labute approximate surface area is 374 Å². The summed E-state index contributed by atoms with van der Waals surface area (Å²) in [6.45, 7) is 10.4. The Bertz CT molecular complexity index is 2360. The first kappa shape index (κ1) is 45.9. The average molecular weight is 893 g/mol. The highest BCUT2D eigenvalue weighted by molar-refractivity contribution is 8.00. The van der Waals surface area contributed by atoms with Crippen molar-refractivity contribution < 1.29 is 37.5 Å². The number of benzene rings is 4. The summed E-state index contributed by atoms with van der Waals surface area (Å²) in [6.07, 6.45) is -0.731. The molecule has 13 nitrogen and oxygen atoms in total. The third kappa shape index (κ3) is 9.57. The van der Waals surface area contributed by atoms with Crippen molar-refractivity contribution in [1.82, 2.24) is 14.2 Å². The van der Waals surface area contributed by atoms with E-state index >= 15 is 0 Å². The Hall–Kier alpha value is -5.10. The first-order chi connectivity index (χ1) is 30.4. The third-order valence-corrected chi connectivity index (χ3v) is 15.0. The molecular formula is C48H53N4O9PS. The number of esters is 1. The van der Waals surface area contributed by atoms with Crippen molar-refractivity contribution in [2.45, 2.75) is 81.9 Å². The van der Waals surface area contributed by atoms with Gasteiger partial charge in [0.15, 0.2) is 6.23 Å². The molecule has 0 amide bonds. The molecule has 3 heterocycles. The molecule has 0 saturated carbocycles. The fourth-order valence-electron chi connectivity index (χ4n) is 8.13. The molecule has 5 aromatic rings. The van der Waals surface area contributed by atoms with Gasteiger partial charge >= 0.3 is 11.7 Å². The second-order valence-electron chi connectivity index (χ2n) is 15.9. The fraction of sp³-hybridized carbons (Fsp3) is 0.375. The number of methoxy groups -OCH3 is 2. The molecule has 0 spiro atoms. The van der Waals surface area contributed by atoms with Crippen LogP contribution < -0.4 is 19.9 Å². The van der Waals surface area contributed by atoms with E-state index in [9.17, 15) is 14.9 Å². The van der Waals surface area contributed by atoms with Gasteiger partial charge in [-0.3, -0.25) is 4.57 Å². The van der Waals surface area contributed by atoms with Crippen LogP contribution in [0.3, 0.4) is 0 Å². The maximum Gasteiger partial charge on any atom is 0.353 e. The van der Waals surface area contributed by atoms with Crippen molar-refractivity contribution >= 4 is 26.3 Å². The molecule has 0 N–H and O–H groups in total. The lowest BCUT2D eigenvalue weighted by Gasteiger charge is -2.41. The van der Waals surface area contributed by atoms with Gasteiger partial charge in [0, 0.05) is 29.6 Å². The Morgan fingerprint density at radius 1 is 0.921 bits per heavy atom. The van der Waals surface area contributed by atoms with Gasteiger partial charge < -0.3 is 32.7 Å². The van der Waals surface area contributed by atoms with Gasteiger partial charge in [0.1, 0.15) is 29.3 Å². The van der Waals surface area contributed by atoms with E-state index < -0.39 is 49.0 Å². The lowest BCUT2D eigenvalue weighted by molar-refractivity contribution is -0.165. The molecule has 330 valence electrons. The van der Waals surface area contributed by atoms with Crippen LogP contribution in [0.5, 0.6) is 17.4 Å². The summed E-state index contributed by atoms with van der Waals surface area (Å²) in [5.41, 5.74) is 1.96. The lowest BCUT2D eigenvalue weighted by atomic mass is 9.84. The van der Waals surface area contributed by atoms with Crippen molar-refractivity contribution in [3.05, 3.63) is 154 Å². The van der Waals surface area contributed by atoms with Gasteiger partial charge in [-0.1, -0.05) is 72.8 Å². The Kier molecular flexibility index (Phi) is 14.7. The Morgan fingerprint density at radius 2 is 1.49 bits per heavy atom. The number of aryl methyl sites for hydroxylation is 1. The van der Waals surface area contributed by atoms with Crippen molar-refractivity contribution in [1.29, 1.82) is 5.26 Å². The summed E-state index contributed by atoms with van der Waals surface area (Å²) >= 11 is 1.67. The molecule has 63 heavy (non-hydrogen) atoms. The number of nitrogens with zero attached hydrogens (tertiary/aromatic N) is 4. The summed E-state index contributed by atoms with van der Waals surface area (Å²) in [6, 6.07) is 37.2. The van der Waals surface area contributed by atoms with Crippen molar-refractivity contribution in [2.24, 2.45) is 0 Å². The molecule has 0 radical (unpaired) electrons. The number of nitriles is 1. The highest BCUT2D eigenvalue weighted by atomic mass is 32.2. The molecule has 0 aliphatic carbocycles. The smallest absolute Gasteiger partial charge is 0.353 e. The van der Waals surface area contributed by atoms with Crippen LogP contribution in [-0.2, 0) is 23.3 Å². The third-order valence-electron chi connectivity index (χ3n) is 11.1. The van der Waals surface area contributed by atoms with Gasteiger partial charge in [-0.2, -0.15) is 10.2 Å². The number of carbonyl (C=O) groups is 1. The number of thioether (sulfide) groups is 1. The van der Waals surface area contributed by atoms with E-state index in [1.54, 1.807) is 69.4 Å². The second kappa shape index (κ2) is 20.2. The second-order valence-corrected chi connectivity index (χ2v) is 18.5. The van der Waals surface area contributed by atoms with E-state index in [0.29, 0.717) is 16.9 Å². The monoisotopic (exact) mass is 892 g/mol. The van der Waals surface area contributed by atoms with Gasteiger partial charge in [-0.05, 0) is 87.7 Å². The largest absolute Gasteiger partial charge is 0.497 e. The molecule has 1 aromatic heterocycles. The summed E-state index contributed by atoms with van der Waals surface area (Å²) in [4.78, 5) is 31.3. The fourth-order valence-corrected chi connectivity index (χ4v) is 11.6. The molecule has 2 aliphatic rings. The quantitative estimate of drug-likeness (QED) is 0.0337. The molecule has 15 heteroatoms. The SMILES string of the molecule is COc1ccc(C(SC[C@@]23COC([C@H](n4cc(C)c(OC(=O)c5ccccc5)nc4=O)O2)[C@H]3OP(OCCC#N)N(C(C)C)C(C)C)(c2ccccc2)c2ccc(OC)cc2)cc1. The zero-order valence-electron chi connectivity index (χ0n) is 36.5. The molecule has 2 fully saturated rings. The number of aromatic nitrogens is 2. The van der Waals surface area contributed by atoms with Crippen LogP contribution >= 0.6 is 20.3 Å². The molecule has 2 unspecified atom stereocenters. The molecule has 2 aliphatic heterocycles. The molecular weight excluding hydrogens is 840 g/mol. The molecule has 2 saturated heterocycles. The van der Waals surface area contributed by atoms with Crippen LogP contribution in [0.4, 0.5) is 0 Å². The first-order valence-corrected chi connectivity index (χ1v) is 23.0. The normalized spacial score (nSPS) is 19.9. The van der Waals surface area contributed by atoms with Crippen molar-refractivity contribution in [3.63, 3.8) is 0 Å². The summed E-state index contributed by atoms with van der Waals surface area (Å²) in [7, 11) is 1.52. The van der Waals surface area contributed by atoms with Gasteiger partial charge in [0.25, 0.3) is 8.53 Å². The highest BCUT2D eigenvalue weighted by Gasteiger charge is 2.65. The number of carbonyl (C=O) groups excluding carboxylic acids is 1. The van der Waals surface area contributed by atoms with Gasteiger partial charge in [-0.15, -0.1) is 11.8 Å². The minimum Gasteiger partial charge on any atom is -0.497 e. The number of fused-ring (bicyclic) bond motifs is 2. The first-order valence-electron chi connectivity index (χ1n) is 20.8. The summed E-state index contributed by atoms with van der Waals surface area (Å²) in [5.74, 6) is 1.05. The van der Waals surface area contributed by atoms with Crippen LogP contribution in [0.2, 0.25) is 0 Å². The lowest BCUT2D eigenvalue weighted by Crippen LogP contribution is -2.46. The molecule has 4 aromatic carbocycles. The topological polar surface area (TPSA) is 144 Å². The Morgan fingerprint density at radius 3 is 2.05 bits per heavy atom. The molecule has 7 rings (SSSR count). The van der Waals surface area contributed by atoms with Gasteiger partial charge in [0.2, 0.25) is 5.88 Å². The number of ether oxygens (including phenoxy) is 5. The Balaban J connectivity index is 1.33. The zero-order chi connectivity index (χ0) is 44.7. The van der Waals surface area contributed by atoms with Crippen LogP contribution in [0.25, 0.3) is 0 Å². The van der Waals surface area contributed by atoms with Crippen LogP contribution in [0.1, 0.15) is 73.0 Å². The van der Waals surface area contributed by atoms with E-state index in [-0.39, 0.29) is 37.6 Å². The van der Waals surface area contributed by atoms with E-state index in [1.807, 2.05) is 42.5 Å². The van der Waals surface area contributed by atoms with E-state index in [0.717, 1.165) is 28.2 Å². The minimum absolute atomic E-state index is 0.0247. The zero-order valence-corrected chi connectivity index (χ0v) is 38.2. The maximum atomic E-state index is 14.0. The van der Waals surface area contributed by atoms with Gasteiger partial charge in [0.05, 0.1) is 50.2 Å². The maximum absolute atomic E-state index is 14.0. The van der Waals surface area contributed by atoms with Crippen LogP contribution in [-0.4, -0.2) is 83.3 Å². The number of rotatable bonds is 19. The predicted molar refractivity (Wildman–Crippen MR) is 242 cm³/mol. The average Bonchev–Trinajstić information content (AvgIpc) is 3.79. The highest BCUT2D eigenvalue weighted by Crippen LogP contribution is 2.58. The summed E-state index contributed by atoms with van der Waals surface area (Å²) in [5, 5.41) is 9.48. The van der Waals surface area contributed by atoms with E-state index in [2.05, 4.69) is 79.8 Å². The molecule has 5 atom stereocenters. The van der Waals surface area contributed by atoms with Gasteiger partial charge in [-0.25, -0.2) is 14.3 Å². The minimum atomic E-state index is -1.77. The van der Waals surface area contributed by atoms with E-state index in [4.69, 9.17) is 32.7 Å². The van der Waals surface area contributed by atoms with Crippen molar-refractivity contribution in [2.75, 3.05) is 33.2 Å². The molecule has 2 bridgehead atoms. The van der Waals surface area contributed by atoms with Crippen LogP contribution in [0, 0.1) is 18.3 Å².